The normalized spacial score (nSPS) is 19.0. The molecule has 0 aromatic carbocycles. The number of methoxy groups -OCH3 is 1. The van der Waals surface area contributed by atoms with Gasteiger partial charge in [0.15, 0.2) is 15.0 Å². The zero-order chi connectivity index (χ0) is 12.5. The average molecular weight is 276 g/mol. The van der Waals surface area contributed by atoms with Crippen LogP contribution in [0.5, 0.6) is 0 Å². The molecule has 1 aromatic rings. The van der Waals surface area contributed by atoms with E-state index < -0.39 is 15.8 Å². The Labute approximate surface area is 103 Å². The molecule has 8 heteroatoms. The number of ether oxygens (including phenoxy) is 1. The summed E-state index contributed by atoms with van der Waals surface area (Å²) >= 11 is 1.22. The highest BCUT2D eigenvalue weighted by molar-refractivity contribution is 7.91. The second kappa shape index (κ2) is 4.61. The van der Waals surface area contributed by atoms with Crippen molar-refractivity contribution >= 4 is 32.3 Å². The number of nitrogens with zero attached hydrogens (tertiary/aromatic N) is 2. The fourth-order valence-corrected chi connectivity index (χ4v) is 3.60. The summed E-state index contributed by atoms with van der Waals surface area (Å²) in [5.74, 6) is -0.140. The maximum absolute atomic E-state index is 11.3. The van der Waals surface area contributed by atoms with Gasteiger partial charge in [-0.05, 0) is 0 Å². The molecule has 0 amide bonds. The highest BCUT2D eigenvalue weighted by Gasteiger charge is 2.24. The van der Waals surface area contributed by atoms with Crippen LogP contribution in [-0.4, -0.2) is 51.1 Å². The summed E-state index contributed by atoms with van der Waals surface area (Å²) in [6, 6.07) is 0. The molecular formula is C9H12N2O4S2. The number of hydrogen-bond donors (Lipinski definition) is 0. The third kappa shape index (κ3) is 2.75. The first-order valence-corrected chi connectivity index (χ1v) is 7.65. The van der Waals surface area contributed by atoms with Gasteiger partial charge in [0.05, 0.1) is 24.8 Å². The summed E-state index contributed by atoms with van der Waals surface area (Å²) in [6.07, 6.45) is 1.45. The lowest BCUT2D eigenvalue weighted by atomic mass is 10.5. The summed E-state index contributed by atoms with van der Waals surface area (Å²) < 4.78 is 27.1. The van der Waals surface area contributed by atoms with Crippen LogP contribution in [0.15, 0.2) is 6.20 Å². The highest BCUT2D eigenvalue weighted by atomic mass is 32.2. The van der Waals surface area contributed by atoms with E-state index in [1.54, 1.807) is 0 Å². The number of aromatic nitrogens is 1. The van der Waals surface area contributed by atoms with Crippen molar-refractivity contribution in [3.63, 3.8) is 0 Å². The van der Waals surface area contributed by atoms with Crippen LogP contribution in [0.4, 0.5) is 5.13 Å². The van der Waals surface area contributed by atoms with E-state index in [0.717, 1.165) is 0 Å². The molecule has 0 atom stereocenters. The van der Waals surface area contributed by atoms with Gasteiger partial charge in [0.2, 0.25) is 0 Å². The van der Waals surface area contributed by atoms with Crippen molar-refractivity contribution < 1.29 is 17.9 Å². The largest absolute Gasteiger partial charge is 0.465 e. The first-order chi connectivity index (χ1) is 8.02. The van der Waals surface area contributed by atoms with E-state index in [-0.39, 0.29) is 11.5 Å². The van der Waals surface area contributed by atoms with Crippen LogP contribution in [0.25, 0.3) is 0 Å². The van der Waals surface area contributed by atoms with Gasteiger partial charge in [-0.25, -0.2) is 18.2 Å². The van der Waals surface area contributed by atoms with Crippen molar-refractivity contribution in [2.45, 2.75) is 0 Å². The smallest absolute Gasteiger partial charge is 0.349 e. The Balaban J connectivity index is 2.09. The Hall–Kier alpha value is -1.15. The maximum Gasteiger partial charge on any atom is 0.349 e. The fraction of sp³-hybridized carbons (Fsp3) is 0.556. The minimum absolute atomic E-state index is 0.139. The number of anilines is 1. The number of hydrogen-bond acceptors (Lipinski definition) is 7. The van der Waals surface area contributed by atoms with Crippen molar-refractivity contribution in [3.05, 3.63) is 11.1 Å². The Morgan fingerprint density at radius 3 is 2.71 bits per heavy atom. The lowest BCUT2D eigenvalue weighted by Crippen LogP contribution is -2.40. The van der Waals surface area contributed by atoms with Crippen LogP contribution < -0.4 is 4.90 Å². The van der Waals surface area contributed by atoms with Gasteiger partial charge < -0.3 is 9.64 Å². The van der Waals surface area contributed by atoms with Gasteiger partial charge in [0.25, 0.3) is 0 Å². The molecule has 0 unspecified atom stereocenters. The molecule has 1 aliphatic heterocycles. The fourth-order valence-electron chi connectivity index (χ4n) is 1.51. The topological polar surface area (TPSA) is 76.6 Å². The van der Waals surface area contributed by atoms with Crippen LogP contribution in [0.3, 0.4) is 0 Å². The molecule has 1 saturated heterocycles. The molecule has 0 saturated carbocycles. The molecule has 1 aliphatic rings. The van der Waals surface area contributed by atoms with Crippen molar-refractivity contribution in [2.24, 2.45) is 0 Å². The third-order valence-corrected chi connectivity index (χ3v) is 5.14. The first kappa shape index (κ1) is 12.3. The lowest BCUT2D eigenvalue weighted by Gasteiger charge is -2.25. The quantitative estimate of drug-likeness (QED) is 0.716. The third-order valence-electron chi connectivity index (χ3n) is 2.50. The van der Waals surface area contributed by atoms with E-state index in [2.05, 4.69) is 9.72 Å². The zero-order valence-corrected chi connectivity index (χ0v) is 10.9. The van der Waals surface area contributed by atoms with E-state index >= 15 is 0 Å². The van der Waals surface area contributed by atoms with Gasteiger partial charge in [0, 0.05) is 13.1 Å². The van der Waals surface area contributed by atoms with E-state index in [1.165, 1.54) is 24.6 Å². The number of esters is 1. The molecule has 94 valence electrons. The number of sulfone groups is 1. The predicted molar refractivity (Wildman–Crippen MR) is 64.3 cm³/mol. The van der Waals surface area contributed by atoms with Crippen LogP contribution >= 0.6 is 11.3 Å². The predicted octanol–water partition coefficient (Wildman–Crippen LogP) is 0.164. The zero-order valence-electron chi connectivity index (χ0n) is 9.25. The Morgan fingerprint density at radius 2 is 2.12 bits per heavy atom. The SMILES string of the molecule is COC(=O)c1cnc(N2CCS(=O)(=O)CC2)s1. The second-order valence-electron chi connectivity index (χ2n) is 3.64. The van der Waals surface area contributed by atoms with E-state index in [4.69, 9.17) is 0 Å². The maximum atomic E-state index is 11.3. The summed E-state index contributed by atoms with van der Waals surface area (Å²) in [7, 11) is -1.58. The number of carbonyl (C=O) groups excluding carboxylic acids is 1. The average Bonchev–Trinajstić information content (AvgIpc) is 2.77. The van der Waals surface area contributed by atoms with Crippen LogP contribution in [0, 0.1) is 0 Å². The monoisotopic (exact) mass is 276 g/mol. The van der Waals surface area contributed by atoms with Gasteiger partial charge in [-0.1, -0.05) is 11.3 Å². The van der Waals surface area contributed by atoms with Gasteiger partial charge in [-0.3, -0.25) is 0 Å². The molecule has 17 heavy (non-hydrogen) atoms. The molecular weight excluding hydrogens is 264 g/mol. The van der Waals surface area contributed by atoms with Gasteiger partial charge in [-0.2, -0.15) is 0 Å². The molecule has 0 bridgehead atoms. The summed E-state index contributed by atoms with van der Waals surface area (Å²) in [4.78, 5) is 17.7. The summed E-state index contributed by atoms with van der Waals surface area (Å²) in [6.45, 7) is 0.854. The summed E-state index contributed by atoms with van der Waals surface area (Å²) in [5.41, 5.74) is 0. The molecule has 0 radical (unpaired) electrons. The van der Waals surface area contributed by atoms with Crippen molar-refractivity contribution in [3.8, 4) is 0 Å². The molecule has 0 spiro atoms. The lowest BCUT2D eigenvalue weighted by molar-refractivity contribution is 0.0606. The first-order valence-electron chi connectivity index (χ1n) is 5.01. The van der Waals surface area contributed by atoms with Crippen molar-refractivity contribution in [2.75, 3.05) is 36.6 Å². The molecule has 1 fully saturated rings. The molecule has 2 heterocycles. The van der Waals surface area contributed by atoms with Crippen molar-refractivity contribution in [1.29, 1.82) is 0 Å². The number of thiazole rings is 1. The molecule has 0 aliphatic carbocycles. The van der Waals surface area contributed by atoms with Crippen LogP contribution in [-0.2, 0) is 14.6 Å². The Bertz CT molecular complexity index is 509. The molecule has 0 N–H and O–H groups in total. The van der Waals surface area contributed by atoms with Gasteiger partial charge >= 0.3 is 5.97 Å². The standard InChI is InChI=1S/C9H12N2O4S2/c1-15-8(12)7-6-10-9(16-7)11-2-4-17(13,14)5-3-11/h6H,2-5H2,1H3. The van der Waals surface area contributed by atoms with Gasteiger partial charge in [-0.15, -0.1) is 0 Å². The van der Waals surface area contributed by atoms with Crippen LogP contribution in [0.1, 0.15) is 9.67 Å². The number of carbonyl (C=O) groups is 1. The van der Waals surface area contributed by atoms with E-state index in [9.17, 15) is 13.2 Å². The Morgan fingerprint density at radius 1 is 1.47 bits per heavy atom. The van der Waals surface area contributed by atoms with Gasteiger partial charge in [0.1, 0.15) is 4.88 Å². The minimum Gasteiger partial charge on any atom is -0.465 e. The van der Waals surface area contributed by atoms with E-state index in [0.29, 0.717) is 23.1 Å². The summed E-state index contributed by atoms with van der Waals surface area (Å²) in [5, 5.41) is 0.667. The molecule has 2 rings (SSSR count). The number of rotatable bonds is 2. The minimum atomic E-state index is -2.89. The Kier molecular flexibility index (Phi) is 3.34. The molecule has 6 nitrogen and oxygen atoms in total. The highest BCUT2D eigenvalue weighted by Crippen LogP contribution is 2.24. The molecule has 1 aromatic heterocycles. The van der Waals surface area contributed by atoms with E-state index in [1.807, 2.05) is 4.90 Å². The second-order valence-corrected chi connectivity index (χ2v) is 6.95. The van der Waals surface area contributed by atoms with Crippen molar-refractivity contribution in [1.82, 2.24) is 4.98 Å². The van der Waals surface area contributed by atoms with Crippen LogP contribution in [0.2, 0.25) is 0 Å².